The Labute approximate surface area is 124 Å². The molecule has 0 rings (SSSR count). The summed E-state index contributed by atoms with van der Waals surface area (Å²) in [7, 11) is 1.62. The molecule has 1 amide bonds. The van der Waals surface area contributed by atoms with Gasteiger partial charge in [-0.3, -0.25) is 4.29 Å². The fraction of sp³-hybridized carbons (Fsp3) is 0.750. The average Bonchev–Trinajstić information content (AvgIpc) is 2.45. The third-order valence-electron chi connectivity index (χ3n) is 1.93. The molecule has 1 N–H and O–H groups in total. The minimum absolute atomic E-state index is 0.199. The van der Waals surface area contributed by atoms with Crippen LogP contribution in [0.15, 0.2) is 12.2 Å². The molecule has 0 atom stereocenters. The van der Waals surface area contributed by atoms with Gasteiger partial charge in [-0.15, -0.1) is 0 Å². The van der Waals surface area contributed by atoms with E-state index in [1.54, 1.807) is 7.11 Å². The van der Waals surface area contributed by atoms with Crippen LogP contribution in [0, 0.1) is 0 Å². The monoisotopic (exact) mass is 311 g/mol. The summed E-state index contributed by atoms with van der Waals surface area (Å²) < 4.78 is 24.3. The minimum Gasteiger partial charge on any atom is -0.447 e. The second kappa shape index (κ2) is 16.2. The van der Waals surface area contributed by atoms with Crippen LogP contribution in [0.3, 0.4) is 0 Å². The molecule has 0 saturated carbocycles. The lowest BCUT2D eigenvalue weighted by Crippen LogP contribution is -2.29. The van der Waals surface area contributed by atoms with Crippen LogP contribution < -0.4 is 5.32 Å². The molecular weight excluding hydrogens is 290 g/mol. The van der Waals surface area contributed by atoms with Gasteiger partial charge in [0.05, 0.1) is 51.5 Å². The van der Waals surface area contributed by atoms with Crippen LogP contribution in [0.5, 0.6) is 0 Å². The van der Waals surface area contributed by atoms with Crippen molar-refractivity contribution < 1.29 is 28.0 Å². The van der Waals surface area contributed by atoms with Crippen LogP contribution >= 0.6 is 11.9 Å². The van der Waals surface area contributed by atoms with Crippen molar-refractivity contribution in [1.82, 2.24) is 5.32 Å². The Hall–Kier alpha value is -0.860. The number of hydrogen-bond acceptors (Lipinski definition) is 6. The summed E-state index contributed by atoms with van der Waals surface area (Å²) in [6.07, 6.45) is 3.19. The van der Waals surface area contributed by atoms with E-state index in [4.69, 9.17) is 30.8 Å². The maximum Gasteiger partial charge on any atom is 0.407 e. The fourth-order valence-electron chi connectivity index (χ4n) is 1.05. The first-order chi connectivity index (χ1) is 9.81. The normalized spacial score (nSPS) is 10.9. The number of alkyl carbamates (subject to hydrolysis) is 1. The van der Waals surface area contributed by atoms with E-state index in [1.165, 1.54) is 0 Å². The fourth-order valence-corrected chi connectivity index (χ4v) is 1.11. The molecule has 0 aliphatic heterocycles. The van der Waals surface area contributed by atoms with Gasteiger partial charge < -0.3 is 24.3 Å². The topological polar surface area (TPSA) is 75.3 Å². The smallest absolute Gasteiger partial charge is 0.407 e. The quantitative estimate of drug-likeness (QED) is 0.406. The molecule has 0 aliphatic carbocycles. The van der Waals surface area contributed by atoms with E-state index in [-0.39, 0.29) is 6.61 Å². The number of halogens is 1. The molecule has 20 heavy (non-hydrogen) atoms. The predicted octanol–water partition coefficient (Wildman–Crippen LogP) is 1.12. The SMILES string of the molecule is COC/C=C/COCCOC(=O)NCCOCCOCl. The highest BCUT2D eigenvalue weighted by atomic mass is 35.5. The Morgan fingerprint density at radius 3 is 2.55 bits per heavy atom. The molecule has 0 unspecified atom stereocenters. The van der Waals surface area contributed by atoms with E-state index in [0.29, 0.717) is 46.2 Å². The number of methoxy groups -OCH3 is 1. The lowest BCUT2D eigenvalue weighted by atomic mass is 10.5. The zero-order valence-corrected chi connectivity index (χ0v) is 12.4. The maximum atomic E-state index is 11.2. The number of carbonyl (C=O) groups is 1. The van der Waals surface area contributed by atoms with E-state index in [0.717, 1.165) is 0 Å². The number of nitrogens with one attached hydrogen (secondary N) is 1. The van der Waals surface area contributed by atoms with Gasteiger partial charge >= 0.3 is 6.09 Å². The van der Waals surface area contributed by atoms with Crippen LogP contribution in [-0.4, -0.2) is 66.0 Å². The largest absolute Gasteiger partial charge is 0.447 e. The molecule has 0 bridgehead atoms. The lowest BCUT2D eigenvalue weighted by molar-refractivity contribution is 0.0794. The molecule has 0 fully saturated rings. The van der Waals surface area contributed by atoms with Gasteiger partial charge in [-0.05, 0) is 0 Å². The summed E-state index contributed by atoms with van der Waals surface area (Å²) in [4.78, 5) is 11.2. The highest BCUT2D eigenvalue weighted by Gasteiger charge is 2.00. The van der Waals surface area contributed by atoms with Crippen molar-refractivity contribution in [2.75, 3.05) is 59.9 Å². The van der Waals surface area contributed by atoms with Crippen molar-refractivity contribution >= 4 is 18.0 Å². The van der Waals surface area contributed by atoms with Gasteiger partial charge in [-0.2, -0.15) is 0 Å². The number of carbonyl (C=O) groups excluding carboxylic acids is 1. The van der Waals surface area contributed by atoms with Gasteiger partial charge in [-0.1, -0.05) is 12.2 Å². The van der Waals surface area contributed by atoms with E-state index in [1.807, 2.05) is 12.2 Å². The Balaban J connectivity index is 3.20. The molecule has 118 valence electrons. The molecule has 0 aromatic carbocycles. The summed E-state index contributed by atoms with van der Waals surface area (Å²) in [5.74, 6) is 0. The number of ether oxygens (including phenoxy) is 4. The zero-order chi connectivity index (χ0) is 14.9. The van der Waals surface area contributed by atoms with Crippen molar-refractivity contribution in [1.29, 1.82) is 0 Å². The highest BCUT2D eigenvalue weighted by molar-refractivity contribution is 6.07. The van der Waals surface area contributed by atoms with E-state index in [2.05, 4.69) is 9.61 Å². The highest BCUT2D eigenvalue weighted by Crippen LogP contribution is 1.84. The van der Waals surface area contributed by atoms with Crippen LogP contribution in [0.2, 0.25) is 0 Å². The molecule has 0 aliphatic rings. The van der Waals surface area contributed by atoms with Crippen molar-refractivity contribution in [3.63, 3.8) is 0 Å². The molecule has 0 saturated heterocycles. The lowest BCUT2D eigenvalue weighted by Gasteiger charge is -2.07. The van der Waals surface area contributed by atoms with Gasteiger partial charge in [0, 0.05) is 13.7 Å². The first-order valence-corrected chi connectivity index (χ1v) is 6.55. The Kier molecular flexibility index (Phi) is 15.5. The van der Waals surface area contributed by atoms with Crippen molar-refractivity contribution in [3.8, 4) is 0 Å². The average molecular weight is 312 g/mol. The molecular formula is C12H22ClNO6. The van der Waals surface area contributed by atoms with Gasteiger partial charge in [-0.25, -0.2) is 4.79 Å². The summed E-state index contributed by atoms with van der Waals surface area (Å²) in [6, 6.07) is 0. The summed E-state index contributed by atoms with van der Waals surface area (Å²) in [5.41, 5.74) is 0. The van der Waals surface area contributed by atoms with Crippen molar-refractivity contribution in [3.05, 3.63) is 12.2 Å². The van der Waals surface area contributed by atoms with Crippen LogP contribution in [-0.2, 0) is 23.2 Å². The van der Waals surface area contributed by atoms with Gasteiger partial charge in [0.1, 0.15) is 6.61 Å². The van der Waals surface area contributed by atoms with Gasteiger partial charge in [0.2, 0.25) is 0 Å². The molecule has 0 spiro atoms. The molecule has 0 aromatic heterocycles. The Morgan fingerprint density at radius 1 is 1.05 bits per heavy atom. The third-order valence-corrected chi connectivity index (χ3v) is 2.08. The first kappa shape index (κ1) is 19.1. The van der Waals surface area contributed by atoms with Crippen LogP contribution in [0.4, 0.5) is 4.79 Å². The third kappa shape index (κ3) is 15.2. The Bertz CT molecular complexity index is 252. The van der Waals surface area contributed by atoms with E-state index in [9.17, 15) is 4.79 Å². The second-order valence-corrected chi connectivity index (χ2v) is 3.71. The summed E-state index contributed by atoms with van der Waals surface area (Å²) in [6.45, 7) is 2.98. The molecule has 0 radical (unpaired) electrons. The predicted molar refractivity (Wildman–Crippen MR) is 73.8 cm³/mol. The Morgan fingerprint density at radius 2 is 1.80 bits per heavy atom. The second-order valence-electron chi connectivity index (χ2n) is 3.49. The van der Waals surface area contributed by atoms with E-state index >= 15 is 0 Å². The summed E-state index contributed by atoms with van der Waals surface area (Å²) >= 11 is 4.99. The maximum absolute atomic E-state index is 11.2. The van der Waals surface area contributed by atoms with Gasteiger partial charge in [0.15, 0.2) is 0 Å². The molecule has 8 heteroatoms. The summed E-state index contributed by atoms with van der Waals surface area (Å²) in [5, 5.41) is 2.53. The molecule has 0 aromatic rings. The standard InChI is InChI=1S/C12H22ClNO6/c1-16-5-2-3-6-17-8-10-19-12(15)14-4-7-18-9-11-20-13/h2-3H,4-11H2,1H3,(H,14,15)/b3-2+. The number of amides is 1. The van der Waals surface area contributed by atoms with Crippen LogP contribution in [0.25, 0.3) is 0 Å². The van der Waals surface area contributed by atoms with Crippen molar-refractivity contribution in [2.24, 2.45) is 0 Å². The first-order valence-electron chi connectivity index (χ1n) is 6.24. The molecule has 0 heterocycles. The van der Waals surface area contributed by atoms with E-state index < -0.39 is 6.09 Å². The van der Waals surface area contributed by atoms with Gasteiger partial charge in [0.25, 0.3) is 0 Å². The number of rotatable bonds is 13. The number of hydrogen-bond donors (Lipinski definition) is 1. The van der Waals surface area contributed by atoms with Crippen LogP contribution in [0.1, 0.15) is 0 Å². The molecule has 7 nitrogen and oxygen atoms in total. The minimum atomic E-state index is -0.499. The zero-order valence-electron chi connectivity index (χ0n) is 11.6. The van der Waals surface area contributed by atoms with Crippen molar-refractivity contribution in [2.45, 2.75) is 0 Å².